The Bertz CT molecular complexity index is 801. The fraction of sp³-hybridized carbons (Fsp3) is 0.368. The number of anilines is 1. The summed E-state index contributed by atoms with van der Waals surface area (Å²) in [5, 5.41) is 19.1. The Hall–Kier alpha value is -2.05. The van der Waals surface area contributed by atoms with Crippen LogP contribution in [0.3, 0.4) is 0 Å². The van der Waals surface area contributed by atoms with Crippen molar-refractivity contribution in [2.24, 2.45) is 0 Å². The molecule has 136 valence electrons. The molecule has 0 heterocycles. The van der Waals surface area contributed by atoms with Crippen LogP contribution >= 0.6 is 0 Å². The number of phenols is 1. The van der Waals surface area contributed by atoms with E-state index in [0.29, 0.717) is 24.9 Å². The van der Waals surface area contributed by atoms with Crippen molar-refractivity contribution < 1.29 is 18.6 Å². The fourth-order valence-corrected chi connectivity index (χ4v) is 3.63. The highest BCUT2D eigenvalue weighted by Crippen LogP contribution is 2.24. The van der Waals surface area contributed by atoms with Crippen molar-refractivity contribution in [3.63, 3.8) is 0 Å². The second kappa shape index (κ2) is 8.36. The Morgan fingerprint density at radius 2 is 1.76 bits per heavy atom. The number of aliphatic hydroxyl groups excluding tert-OH is 1. The van der Waals surface area contributed by atoms with E-state index in [4.69, 9.17) is 0 Å². The molecule has 1 unspecified atom stereocenters. The van der Waals surface area contributed by atoms with Gasteiger partial charge in [0.05, 0.1) is 16.7 Å². The van der Waals surface area contributed by atoms with E-state index in [0.717, 1.165) is 17.5 Å². The van der Waals surface area contributed by atoms with E-state index < -0.39 is 16.1 Å². The van der Waals surface area contributed by atoms with Gasteiger partial charge in [-0.3, -0.25) is 4.72 Å². The minimum Gasteiger partial charge on any atom is -0.508 e. The summed E-state index contributed by atoms with van der Waals surface area (Å²) < 4.78 is 27.8. The number of aryl methyl sites for hydroxylation is 2. The summed E-state index contributed by atoms with van der Waals surface area (Å²) in [5.74, 6) is 0.0143. The van der Waals surface area contributed by atoms with Crippen LogP contribution in [0.2, 0.25) is 0 Å². The number of aliphatic hydroxyl groups is 1. The molecule has 5 nitrogen and oxygen atoms in total. The highest BCUT2D eigenvalue weighted by Gasteiger charge is 2.16. The summed E-state index contributed by atoms with van der Waals surface area (Å²) in [5.41, 5.74) is 2.51. The first-order chi connectivity index (χ1) is 11.9. The maximum Gasteiger partial charge on any atom is 0.261 e. The van der Waals surface area contributed by atoms with Crippen molar-refractivity contribution in [2.45, 2.75) is 50.5 Å². The number of sulfonamides is 1. The third kappa shape index (κ3) is 5.21. The van der Waals surface area contributed by atoms with Gasteiger partial charge in [-0.1, -0.05) is 26.0 Å². The molecule has 0 saturated heterocycles. The Morgan fingerprint density at radius 1 is 1.08 bits per heavy atom. The summed E-state index contributed by atoms with van der Waals surface area (Å²) in [6, 6.07) is 11.0. The van der Waals surface area contributed by atoms with E-state index >= 15 is 0 Å². The van der Waals surface area contributed by atoms with Crippen molar-refractivity contribution in [2.75, 3.05) is 4.72 Å². The summed E-state index contributed by atoms with van der Waals surface area (Å²) in [7, 11) is -3.74. The average molecular weight is 363 g/mol. The summed E-state index contributed by atoms with van der Waals surface area (Å²) in [6.07, 6.45) is 2.30. The molecule has 0 radical (unpaired) electrons. The molecular formula is C19H25NO4S. The molecule has 2 rings (SSSR count). The molecule has 2 aromatic carbocycles. The molecule has 0 bridgehead atoms. The van der Waals surface area contributed by atoms with Crippen LogP contribution in [-0.2, 0) is 22.9 Å². The lowest BCUT2D eigenvalue weighted by Gasteiger charge is -2.15. The predicted octanol–water partition coefficient (Wildman–Crippen LogP) is 3.46. The number of rotatable bonds is 8. The standard InChI is InChI=1S/C19H25NO4S/c1-3-14-5-12-19(15(13-14)6-7-16(21)4-2)20-25(23,24)18-10-8-17(22)9-11-18/h5,8-13,16,20-22H,3-4,6-7H2,1-2H3. The first-order valence-corrected chi connectivity index (χ1v) is 9.95. The van der Waals surface area contributed by atoms with Crippen LogP contribution in [0, 0.1) is 0 Å². The van der Waals surface area contributed by atoms with Crippen LogP contribution in [0.1, 0.15) is 37.8 Å². The number of hydrogen-bond acceptors (Lipinski definition) is 4. The zero-order chi connectivity index (χ0) is 18.4. The minimum absolute atomic E-state index is 0.0143. The number of phenolic OH excluding ortho intramolecular Hbond substituents is 1. The van der Waals surface area contributed by atoms with Gasteiger partial charge in [-0.2, -0.15) is 0 Å². The van der Waals surface area contributed by atoms with Crippen LogP contribution in [-0.4, -0.2) is 24.7 Å². The van der Waals surface area contributed by atoms with Crippen LogP contribution in [0.25, 0.3) is 0 Å². The first-order valence-electron chi connectivity index (χ1n) is 8.47. The van der Waals surface area contributed by atoms with Gasteiger partial charge in [0.15, 0.2) is 0 Å². The lowest BCUT2D eigenvalue weighted by Crippen LogP contribution is -2.15. The molecule has 1 atom stereocenters. The van der Waals surface area contributed by atoms with Crippen LogP contribution in [0.4, 0.5) is 5.69 Å². The Labute approximate surface area is 149 Å². The third-order valence-corrected chi connectivity index (χ3v) is 5.57. The van der Waals surface area contributed by atoms with Gasteiger partial charge in [0.2, 0.25) is 0 Å². The minimum atomic E-state index is -3.74. The van der Waals surface area contributed by atoms with E-state index in [1.807, 2.05) is 26.0 Å². The van der Waals surface area contributed by atoms with Gasteiger partial charge >= 0.3 is 0 Å². The molecule has 0 aliphatic carbocycles. The third-order valence-electron chi connectivity index (χ3n) is 4.19. The van der Waals surface area contributed by atoms with Gasteiger partial charge in [0.1, 0.15) is 5.75 Å². The van der Waals surface area contributed by atoms with E-state index in [-0.39, 0.29) is 10.6 Å². The molecule has 0 saturated carbocycles. The van der Waals surface area contributed by atoms with Gasteiger partial charge in [0.25, 0.3) is 10.0 Å². The predicted molar refractivity (Wildman–Crippen MR) is 99.4 cm³/mol. The quantitative estimate of drug-likeness (QED) is 0.670. The van der Waals surface area contributed by atoms with Crippen molar-refractivity contribution in [1.29, 1.82) is 0 Å². The number of aromatic hydroxyl groups is 1. The molecule has 6 heteroatoms. The lowest BCUT2D eigenvalue weighted by molar-refractivity contribution is 0.161. The summed E-state index contributed by atoms with van der Waals surface area (Å²) >= 11 is 0. The van der Waals surface area contributed by atoms with Crippen LogP contribution in [0.15, 0.2) is 47.4 Å². The highest BCUT2D eigenvalue weighted by molar-refractivity contribution is 7.92. The molecule has 0 aliphatic heterocycles. The van der Waals surface area contributed by atoms with Crippen molar-refractivity contribution >= 4 is 15.7 Å². The zero-order valence-electron chi connectivity index (χ0n) is 14.6. The fourth-order valence-electron chi connectivity index (χ4n) is 2.53. The van der Waals surface area contributed by atoms with Gasteiger partial charge in [0, 0.05) is 0 Å². The normalized spacial score (nSPS) is 12.8. The summed E-state index contributed by atoms with van der Waals surface area (Å²) in [6.45, 7) is 3.96. The molecule has 3 N–H and O–H groups in total. The topological polar surface area (TPSA) is 86.6 Å². The SMILES string of the molecule is CCc1ccc(NS(=O)(=O)c2ccc(O)cc2)c(CCC(O)CC)c1. The van der Waals surface area contributed by atoms with Crippen molar-refractivity contribution in [1.82, 2.24) is 0 Å². The molecule has 0 aromatic heterocycles. The molecule has 0 aliphatic rings. The highest BCUT2D eigenvalue weighted by atomic mass is 32.2. The van der Waals surface area contributed by atoms with Gasteiger partial charge in [-0.05, 0) is 67.1 Å². The molecule has 0 fully saturated rings. The lowest BCUT2D eigenvalue weighted by atomic mass is 10.0. The van der Waals surface area contributed by atoms with E-state index in [1.165, 1.54) is 24.3 Å². The average Bonchev–Trinajstić information content (AvgIpc) is 2.60. The largest absolute Gasteiger partial charge is 0.508 e. The van der Waals surface area contributed by atoms with Crippen molar-refractivity contribution in [3.8, 4) is 5.75 Å². The first kappa shape index (κ1) is 19.3. The maximum atomic E-state index is 12.6. The monoisotopic (exact) mass is 363 g/mol. The Morgan fingerprint density at radius 3 is 2.36 bits per heavy atom. The van der Waals surface area contributed by atoms with Crippen LogP contribution < -0.4 is 4.72 Å². The second-order valence-corrected chi connectivity index (χ2v) is 7.73. The van der Waals surface area contributed by atoms with Gasteiger partial charge in [-0.25, -0.2) is 8.42 Å². The van der Waals surface area contributed by atoms with E-state index in [1.54, 1.807) is 6.07 Å². The molecule has 25 heavy (non-hydrogen) atoms. The molecule has 0 spiro atoms. The zero-order valence-corrected chi connectivity index (χ0v) is 15.4. The molecule has 2 aromatic rings. The molecule has 0 amide bonds. The number of hydrogen-bond donors (Lipinski definition) is 3. The summed E-state index contributed by atoms with van der Waals surface area (Å²) in [4.78, 5) is 0.0874. The Kier molecular flexibility index (Phi) is 6.45. The van der Waals surface area contributed by atoms with Gasteiger partial charge < -0.3 is 10.2 Å². The van der Waals surface area contributed by atoms with Crippen molar-refractivity contribution in [3.05, 3.63) is 53.6 Å². The van der Waals surface area contributed by atoms with Gasteiger partial charge in [-0.15, -0.1) is 0 Å². The number of nitrogens with one attached hydrogen (secondary N) is 1. The van der Waals surface area contributed by atoms with E-state index in [9.17, 15) is 18.6 Å². The smallest absolute Gasteiger partial charge is 0.261 e. The second-order valence-electron chi connectivity index (χ2n) is 6.05. The van der Waals surface area contributed by atoms with E-state index in [2.05, 4.69) is 4.72 Å². The maximum absolute atomic E-state index is 12.6. The van der Waals surface area contributed by atoms with Crippen LogP contribution in [0.5, 0.6) is 5.75 Å². The molecular weight excluding hydrogens is 338 g/mol. The number of benzene rings is 2. The Balaban J connectivity index is 2.29.